The molecule has 4 nitrogen and oxygen atoms in total. The second kappa shape index (κ2) is 12.6. The number of quaternary nitrogens is 2. The second-order valence-corrected chi connectivity index (χ2v) is 7.18. The third-order valence-electron chi connectivity index (χ3n) is 4.05. The van der Waals surface area contributed by atoms with Crippen LogP contribution in [-0.2, 0) is 0 Å². The molecule has 2 saturated heterocycles. The summed E-state index contributed by atoms with van der Waals surface area (Å²) in [5, 5.41) is 0. The Morgan fingerprint density at radius 3 is 0.800 bits per heavy atom. The number of nitrogens with zero attached hydrogens (tertiary/aromatic N) is 2. The van der Waals surface area contributed by atoms with Crippen molar-refractivity contribution in [2.75, 3.05) is 54.4 Å². The number of rotatable bonds is 1. The summed E-state index contributed by atoms with van der Waals surface area (Å²) in [7, 11) is 9.19. The maximum absolute atomic E-state index is 2.30. The van der Waals surface area contributed by atoms with Gasteiger partial charge in [-0.2, -0.15) is 0 Å². The normalized spacial score (nSPS) is 21.3. The number of likely N-dealkylation sites (tertiary alicyclic amines) is 2. The van der Waals surface area contributed by atoms with Crippen molar-refractivity contribution in [3.63, 3.8) is 0 Å². The monoisotopic (exact) mass is 292 g/mol. The lowest BCUT2D eigenvalue weighted by molar-refractivity contribution is -0.877. The molecule has 0 radical (unpaired) electrons. The molecular formula is C16H40N2O2. The van der Waals surface area contributed by atoms with E-state index < -0.39 is 0 Å². The van der Waals surface area contributed by atoms with E-state index in [-0.39, 0.29) is 11.0 Å². The van der Waals surface area contributed by atoms with Crippen LogP contribution in [0.4, 0.5) is 0 Å². The molecule has 2 fully saturated rings. The van der Waals surface area contributed by atoms with Gasteiger partial charge in [0.15, 0.2) is 0 Å². The Kier molecular flexibility index (Phi) is 15.6. The first kappa shape index (κ1) is 24.8. The molecule has 2 aliphatic rings. The molecule has 0 spiro atoms. The molecule has 0 saturated carbocycles. The lowest BCUT2D eigenvalue weighted by Gasteiger charge is -2.21. The molecule has 0 bridgehead atoms. The van der Waals surface area contributed by atoms with Gasteiger partial charge in [-0.3, -0.25) is 0 Å². The Balaban J connectivity index is -0.000000215. The van der Waals surface area contributed by atoms with E-state index in [2.05, 4.69) is 42.0 Å². The second-order valence-electron chi connectivity index (χ2n) is 7.18. The summed E-state index contributed by atoms with van der Waals surface area (Å²) in [6, 6.07) is 0. The largest absolute Gasteiger partial charge is 0.870 e. The van der Waals surface area contributed by atoms with Crippen molar-refractivity contribution in [1.29, 1.82) is 0 Å². The first-order valence-electron chi connectivity index (χ1n) is 7.97. The predicted molar refractivity (Wildman–Crippen MR) is 86.6 cm³/mol. The maximum Gasteiger partial charge on any atom is 0.0784 e. The third kappa shape index (κ3) is 14.3. The highest BCUT2D eigenvalue weighted by Gasteiger charge is 2.20. The summed E-state index contributed by atoms with van der Waals surface area (Å²) >= 11 is 0. The van der Waals surface area contributed by atoms with E-state index in [1.54, 1.807) is 0 Å². The van der Waals surface area contributed by atoms with Crippen molar-refractivity contribution < 1.29 is 19.9 Å². The van der Waals surface area contributed by atoms with Crippen LogP contribution in [0, 0.1) is 0 Å². The Hall–Kier alpha value is -0.160. The van der Waals surface area contributed by atoms with Crippen LogP contribution in [-0.4, -0.2) is 74.3 Å². The molecule has 2 rings (SSSR count). The van der Waals surface area contributed by atoms with Crippen molar-refractivity contribution >= 4 is 0 Å². The fourth-order valence-electron chi connectivity index (χ4n) is 2.38. The van der Waals surface area contributed by atoms with E-state index >= 15 is 0 Å². The van der Waals surface area contributed by atoms with Crippen LogP contribution in [0.3, 0.4) is 0 Å². The van der Waals surface area contributed by atoms with Crippen LogP contribution in [0.2, 0.25) is 0 Å². The van der Waals surface area contributed by atoms with E-state index in [1.165, 1.54) is 73.7 Å². The highest BCUT2D eigenvalue weighted by molar-refractivity contribution is 4.47. The van der Waals surface area contributed by atoms with Gasteiger partial charge in [0.2, 0.25) is 0 Å². The highest BCUT2D eigenvalue weighted by Crippen LogP contribution is 2.11. The summed E-state index contributed by atoms with van der Waals surface area (Å²) < 4.78 is 2.50. The van der Waals surface area contributed by atoms with Crippen molar-refractivity contribution in [3.8, 4) is 0 Å². The minimum Gasteiger partial charge on any atom is -0.870 e. The molecule has 2 N–H and O–H groups in total. The summed E-state index contributed by atoms with van der Waals surface area (Å²) in [5.74, 6) is 0. The molecule has 4 heteroatoms. The van der Waals surface area contributed by atoms with Crippen molar-refractivity contribution in [2.45, 2.75) is 52.4 Å². The summed E-state index contributed by atoms with van der Waals surface area (Å²) in [4.78, 5) is 0. The van der Waals surface area contributed by atoms with Gasteiger partial charge in [-0.15, -0.1) is 0 Å². The quantitative estimate of drug-likeness (QED) is 0.697. The molecule has 2 aliphatic heterocycles. The molecular weight excluding hydrogens is 252 g/mol. The smallest absolute Gasteiger partial charge is 0.0784 e. The van der Waals surface area contributed by atoms with Crippen LogP contribution >= 0.6 is 0 Å². The van der Waals surface area contributed by atoms with E-state index in [9.17, 15) is 0 Å². The average molecular weight is 293 g/mol. The van der Waals surface area contributed by atoms with Crippen molar-refractivity contribution in [1.82, 2.24) is 0 Å². The van der Waals surface area contributed by atoms with Gasteiger partial charge in [0.1, 0.15) is 0 Å². The van der Waals surface area contributed by atoms with Crippen LogP contribution in [0.15, 0.2) is 0 Å². The van der Waals surface area contributed by atoms with Crippen LogP contribution in [0.5, 0.6) is 0 Å². The lowest BCUT2D eigenvalue weighted by Crippen LogP contribution is -2.35. The Morgan fingerprint density at radius 1 is 0.550 bits per heavy atom. The maximum atomic E-state index is 2.30. The zero-order valence-electron chi connectivity index (χ0n) is 14.9. The molecule has 126 valence electrons. The van der Waals surface area contributed by atoms with E-state index in [0.717, 1.165) is 0 Å². The third-order valence-corrected chi connectivity index (χ3v) is 4.05. The van der Waals surface area contributed by atoms with E-state index in [0.29, 0.717) is 0 Å². The molecule has 0 amide bonds. The standard InChI is InChI=1S/2C6H14N.C4H10.2H2O/c2*1-7(2)5-3-4-6-7;1-3-4-2;;/h2*3-6H2,1-2H3;3-4H2,1-2H3;2*1H2/q2*+1;;;/p-2. The van der Waals surface area contributed by atoms with Gasteiger partial charge in [0, 0.05) is 25.7 Å². The Morgan fingerprint density at radius 2 is 0.750 bits per heavy atom. The Bertz CT molecular complexity index is 169. The molecule has 0 unspecified atom stereocenters. The minimum atomic E-state index is 0. The van der Waals surface area contributed by atoms with Crippen LogP contribution < -0.4 is 0 Å². The van der Waals surface area contributed by atoms with Gasteiger partial charge >= 0.3 is 0 Å². The first-order chi connectivity index (χ1) is 8.33. The van der Waals surface area contributed by atoms with Crippen LogP contribution in [0.25, 0.3) is 0 Å². The first-order valence-corrected chi connectivity index (χ1v) is 7.97. The Labute approximate surface area is 127 Å². The average Bonchev–Trinajstić information content (AvgIpc) is 2.87. The van der Waals surface area contributed by atoms with Gasteiger partial charge in [-0.1, -0.05) is 26.7 Å². The van der Waals surface area contributed by atoms with E-state index in [4.69, 9.17) is 0 Å². The zero-order chi connectivity index (χ0) is 14.1. The molecule has 0 atom stereocenters. The molecule has 0 aliphatic carbocycles. The fraction of sp³-hybridized carbons (Fsp3) is 1.00. The number of unbranched alkanes of at least 4 members (excludes halogenated alkanes) is 1. The molecule has 20 heavy (non-hydrogen) atoms. The van der Waals surface area contributed by atoms with Gasteiger partial charge in [-0.25, -0.2) is 0 Å². The summed E-state index contributed by atoms with van der Waals surface area (Å²) in [6.45, 7) is 9.92. The number of hydrogen-bond acceptors (Lipinski definition) is 2. The van der Waals surface area contributed by atoms with Gasteiger partial charge in [0.05, 0.1) is 54.4 Å². The van der Waals surface area contributed by atoms with Crippen molar-refractivity contribution in [2.24, 2.45) is 0 Å². The topological polar surface area (TPSA) is 60.0 Å². The van der Waals surface area contributed by atoms with Crippen molar-refractivity contribution in [3.05, 3.63) is 0 Å². The highest BCUT2D eigenvalue weighted by atomic mass is 16.0. The number of hydrogen-bond donors (Lipinski definition) is 0. The SMILES string of the molecule is CCCC.C[N+]1(C)CCCC1.C[N+]1(C)CCCC1.[OH-].[OH-]. The minimum absolute atomic E-state index is 0. The molecule has 0 aromatic carbocycles. The van der Waals surface area contributed by atoms with Gasteiger partial charge < -0.3 is 19.9 Å². The zero-order valence-corrected chi connectivity index (χ0v) is 14.9. The van der Waals surface area contributed by atoms with Gasteiger partial charge in [-0.05, 0) is 0 Å². The summed E-state index contributed by atoms with van der Waals surface area (Å²) in [6.07, 6.45) is 8.39. The van der Waals surface area contributed by atoms with E-state index in [1.807, 2.05) is 0 Å². The molecule has 0 aromatic rings. The van der Waals surface area contributed by atoms with Gasteiger partial charge in [0.25, 0.3) is 0 Å². The lowest BCUT2D eigenvalue weighted by atomic mass is 10.4. The fourth-order valence-corrected chi connectivity index (χ4v) is 2.38. The van der Waals surface area contributed by atoms with Crippen LogP contribution in [0.1, 0.15) is 52.4 Å². The molecule has 2 heterocycles. The predicted octanol–water partition coefficient (Wildman–Crippen LogP) is 3.17. The molecule has 0 aromatic heterocycles. The summed E-state index contributed by atoms with van der Waals surface area (Å²) in [5.41, 5.74) is 0.